The molecule has 0 radical (unpaired) electrons. The number of rotatable bonds is 6. The average Bonchev–Trinajstić information content (AvgIpc) is 3.47. The number of hydrogen-bond acceptors (Lipinski definition) is 5. The van der Waals surface area contributed by atoms with Crippen molar-refractivity contribution >= 4 is 34.5 Å². The molecule has 6 nitrogen and oxygen atoms in total. The number of aromatic nitrogens is 4. The topological polar surface area (TPSA) is 65.8 Å². The standard InChI is InChI=1S/C22H21ClN4O2S/c23-17-10-4-3-9-16(17)20-24-25-21(27(20)15-7-1-2-8-15)30-14-13-26-18-11-5-6-12-19(18)29-22(26)28/h3-6,9-12,15H,1-2,7-8,13-14H2. The van der Waals surface area contributed by atoms with E-state index in [1.807, 2.05) is 48.5 Å². The Morgan fingerprint density at radius 3 is 2.67 bits per heavy atom. The zero-order valence-electron chi connectivity index (χ0n) is 16.3. The minimum Gasteiger partial charge on any atom is -0.408 e. The molecule has 4 aromatic rings. The van der Waals surface area contributed by atoms with Gasteiger partial charge in [-0.3, -0.25) is 9.13 Å². The summed E-state index contributed by atoms with van der Waals surface area (Å²) < 4.78 is 9.25. The number of fused-ring (bicyclic) bond motifs is 1. The number of hydrogen-bond donors (Lipinski definition) is 0. The predicted molar refractivity (Wildman–Crippen MR) is 119 cm³/mol. The fourth-order valence-corrected chi connectivity index (χ4v) is 5.30. The van der Waals surface area contributed by atoms with Crippen LogP contribution in [0.4, 0.5) is 0 Å². The second-order valence-electron chi connectivity index (χ2n) is 7.43. The fourth-order valence-electron chi connectivity index (χ4n) is 4.15. The van der Waals surface area contributed by atoms with Crippen LogP contribution < -0.4 is 5.76 Å². The molecule has 0 amide bonds. The predicted octanol–water partition coefficient (Wildman–Crippen LogP) is 5.41. The molecule has 0 N–H and O–H groups in total. The third-order valence-corrected chi connectivity index (χ3v) is 6.84. The number of oxazole rings is 1. The van der Waals surface area contributed by atoms with Gasteiger partial charge in [0.2, 0.25) is 0 Å². The van der Waals surface area contributed by atoms with Gasteiger partial charge in [0, 0.05) is 23.9 Å². The largest absolute Gasteiger partial charge is 0.419 e. The first-order valence-electron chi connectivity index (χ1n) is 10.1. The summed E-state index contributed by atoms with van der Waals surface area (Å²) in [6.45, 7) is 0.541. The average molecular weight is 441 g/mol. The lowest BCUT2D eigenvalue weighted by atomic mass is 10.2. The molecule has 0 bridgehead atoms. The summed E-state index contributed by atoms with van der Waals surface area (Å²) in [5.41, 5.74) is 2.34. The van der Waals surface area contributed by atoms with E-state index in [1.54, 1.807) is 16.3 Å². The van der Waals surface area contributed by atoms with E-state index < -0.39 is 0 Å². The quantitative estimate of drug-likeness (QED) is 0.375. The normalized spacial score (nSPS) is 14.7. The Balaban J connectivity index is 1.42. The first kappa shape index (κ1) is 19.5. The summed E-state index contributed by atoms with van der Waals surface area (Å²) in [6.07, 6.45) is 4.67. The van der Waals surface area contributed by atoms with Crippen LogP contribution in [-0.4, -0.2) is 25.1 Å². The summed E-state index contributed by atoms with van der Waals surface area (Å²) >= 11 is 8.07. The molecule has 2 aromatic carbocycles. The first-order valence-corrected chi connectivity index (χ1v) is 11.5. The third kappa shape index (κ3) is 3.56. The molecule has 30 heavy (non-hydrogen) atoms. The molecule has 2 aromatic heterocycles. The van der Waals surface area contributed by atoms with Gasteiger partial charge >= 0.3 is 5.76 Å². The minimum atomic E-state index is -0.328. The van der Waals surface area contributed by atoms with Crippen molar-refractivity contribution in [2.75, 3.05) is 5.75 Å². The van der Waals surface area contributed by atoms with Gasteiger partial charge < -0.3 is 4.42 Å². The summed E-state index contributed by atoms with van der Waals surface area (Å²) in [7, 11) is 0. The van der Waals surface area contributed by atoms with E-state index in [0.29, 0.717) is 28.9 Å². The number of thioether (sulfide) groups is 1. The van der Waals surface area contributed by atoms with Gasteiger partial charge in [0.1, 0.15) is 0 Å². The van der Waals surface area contributed by atoms with Crippen molar-refractivity contribution in [3.8, 4) is 11.4 Å². The van der Waals surface area contributed by atoms with Crippen molar-refractivity contribution in [2.24, 2.45) is 0 Å². The molecule has 0 saturated heterocycles. The van der Waals surface area contributed by atoms with E-state index in [4.69, 9.17) is 16.0 Å². The van der Waals surface area contributed by atoms with Gasteiger partial charge in [-0.25, -0.2) is 4.79 Å². The van der Waals surface area contributed by atoms with E-state index >= 15 is 0 Å². The zero-order valence-corrected chi connectivity index (χ0v) is 17.9. The first-order chi connectivity index (χ1) is 14.7. The second kappa shape index (κ2) is 8.32. The minimum absolute atomic E-state index is 0.328. The number of halogens is 1. The Labute approximate surface area is 182 Å². The van der Waals surface area contributed by atoms with E-state index in [-0.39, 0.29) is 5.76 Å². The summed E-state index contributed by atoms with van der Waals surface area (Å²) in [5, 5.41) is 10.5. The van der Waals surface area contributed by atoms with Crippen LogP contribution in [0.15, 0.2) is 62.9 Å². The van der Waals surface area contributed by atoms with Crippen LogP contribution in [0.5, 0.6) is 0 Å². The Morgan fingerprint density at radius 2 is 1.83 bits per heavy atom. The SMILES string of the molecule is O=c1oc2ccccc2n1CCSc1nnc(-c2ccccc2Cl)n1C1CCCC1. The highest BCUT2D eigenvalue weighted by molar-refractivity contribution is 7.99. The van der Waals surface area contributed by atoms with Gasteiger partial charge in [0.25, 0.3) is 0 Å². The van der Waals surface area contributed by atoms with Gasteiger partial charge in [0.15, 0.2) is 16.6 Å². The Kier molecular flexibility index (Phi) is 5.39. The number of aryl methyl sites for hydroxylation is 1. The highest BCUT2D eigenvalue weighted by atomic mass is 35.5. The van der Waals surface area contributed by atoms with E-state index in [2.05, 4.69) is 14.8 Å². The maximum atomic E-state index is 12.2. The van der Waals surface area contributed by atoms with Gasteiger partial charge in [-0.15, -0.1) is 10.2 Å². The third-order valence-electron chi connectivity index (χ3n) is 5.59. The molecule has 154 valence electrons. The fraction of sp³-hybridized carbons (Fsp3) is 0.318. The van der Waals surface area contributed by atoms with Crippen LogP contribution in [0.25, 0.3) is 22.5 Å². The molecule has 8 heteroatoms. The highest BCUT2D eigenvalue weighted by Crippen LogP contribution is 2.38. The van der Waals surface area contributed by atoms with Gasteiger partial charge in [-0.05, 0) is 37.1 Å². The van der Waals surface area contributed by atoms with Crippen LogP contribution >= 0.6 is 23.4 Å². The van der Waals surface area contributed by atoms with Crippen molar-refractivity contribution in [1.29, 1.82) is 0 Å². The van der Waals surface area contributed by atoms with Gasteiger partial charge in [0.05, 0.1) is 10.5 Å². The maximum Gasteiger partial charge on any atom is 0.419 e. The second-order valence-corrected chi connectivity index (χ2v) is 8.90. The summed E-state index contributed by atoms with van der Waals surface area (Å²) in [6, 6.07) is 15.6. The number of benzene rings is 2. The van der Waals surface area contributed by atoms with Crippen LogP contribution in [0, 0.1) is 0 Å². The molecule has 0 atom stereocenters. The molecule has 5 rings (SSSR count). The lowest BCUT2D eigenvalue weighted by molar-refractivity contribution is 0.485. The smallest absolute Gasteiger partial charge is 0.408 e. The molecular weight excluding hydrogens is 420 g/mol. The number of para-hydroxylation sites is 2. The van der Waals surface area contributed by atoms with Crippen molar-refractivity contribution in [3.05, 3.63) is 64.1 Å². The zero-order chi connectivity index (χ0) is 20.5. The molecule has 2 heterocycles. The molecule has 1 aliphatic carbocycles. The summed E-state index contributed by atoms with van der Waals surface area (Å²) in [5.74, 6) is 1.18. The molecule has 1 aliphatic rings. The Hall–Kier alpha value is -2.51. The van der Waals surface area contributed by atoms with Crippen LogP contribution in [0.3, 0.4) is 0 Å². The van der Waals surface area contributed by atoms with Crippen molar-refractivity contribution in [3.63, 3.8) is 0 Å². The maximum absolute atomic E-state index is 12.2. The van der Waals surface area contributed by atoms with E-state index in [1.165, 1.54) is 12.8 Å². The van der Waals surface area contributed by atoms with Crippen LogP contribution in [0.2, 0.25) is 5.02 Å². The lowest BCUT2D eigenvalue weighted by Gasteiger charge is -2.17. The van der Waals surface area contributed by atoms with Crippen LogP contribution in [0.1, 0.15) is 31.7 Å². The Morgan fingerprint density at radius 1 is 1.07 bits per heavy atom. The van der Waals surface area contributed by atoms with Crippen LogP contribution in [-0.2, 0) is 6.54 Å². The van der Waals surface area contributed by atoms with Crippen molar-refractivity contribution < 1.29 is 4.42 Å². The van der Waals surface area contributed by atoms with Gasteiger partial charge in [-0.2, -0.15) is 0 Å². The highest BCUT2D eigenvalue weighted by Gasteiger charge is 2.25. The molecule has 0 spiro atoms. The molecule has 1 saturated carbocycles. The molecular formula is C22H21ClN4O2S. The molecule has 0 unspecified atom stereocenters. The van der Waals surface area contributed by atoms with Crippen molar-refractivity contribution in [1.82, 2.24) is 19.3 Å². The van der Waals surface area contributed by atoms with E-state index in [0.717, 1.165) is 34.9 Å². The summed E-state index contributed by atoms with van der Waals surface area (Å²) in [4.78, 5) is 12.2. The lowest BCUT2D eigenvalue weighted by Crippen LogP contribution is -2.16. The van der Waals surface area contributed by atoms with Gasteiger partial charge in [-0.1, -0.05) is 60.5 Å². The molecule has 0 aliphatic heterocycles. The van der Waals surface area contributed by atoms with E-state index in [9.17, 15) is 4.79 Å². The molecule has 1 fully saturated rings. The monoisotopic (exact) mass is 440 g/mol. The van der Waals surface area contributed by atoms with Crippen molar-refractivity contribution in [2.45, 2.75) is 43.4 Å². The number of nitrogens with zero attached hydrogens (tertiary/aromatic N) is 4. The Bertz CT molecular complexity index is 1240.